The zero-order valence-electron chi connectivity index (χ0n) is 22.8. The van der Waals surface area contributed by atoms with Gasteiger partial charge < -0.3 is 9.64 Å². The van der Waals surface area contributed by atoms with Crippen molar-refractivity contribution in [1.82, 2.24) is 0 Å². The highest BCUT2D eigenvalue weighted by molar-refractivity contribution is 6.36. The minimum atomic E-state index is -1.64. The molecule has 0 amide bonds. The van der Waals surface area contributed by atoms with Gasteiger partial charge in [0.05, 0.1) is 13.2 Å². The third kappa shape index (κ3) is 3.60. The number of hydrogen-bond acceptors (Lipinski definition) is 5. The molecule has 7 heteroatoms. The van der Waals surface area contributed by atoms with Crippen LogP contribution in [0.15, 0.2) is 91.0 Å². The maximum atomic E-state index is 14.8. The Morgan fingerprint density at radius 3 is 2.31 bits per heavy atom. The molecule has 1 saturated heterocycles. The van der Waals surface area contributed by atoms with Crippen molar-refractivity contribution in [3.8, 4) is 5.75 Å². The Hall–Kier alpha value is -4.19. The minimum Gasteiger partial charge on any atom is -0.497 e. The smallest absolute Gasteiger partial charge is 0.186 e. The van der Waals surface area contributed by atoms with Gasteiger partial charge in [0.15, 0.2) is 17.3 Å². The van der Waals surface area contributed by atoms with Crippen LogP contribution in [0.5, 0.6) is 5.75 Å². The van der Waals surface area contributed by atoms with Gasteiger partial charge in [-0.25, -0.2) is 0 Å². The standard InChI is InChI=1S/C35H25Cl2NO4/c1-19-10-14-28-20(16-19)11-15-29-35(33(40)24-8-3-4-9-25(24)34(35)41)30(26-13-12-22(36)18-27(26)37)31(38(28)29)32(39)21-6-5-7-23(17-21)42-2/h3-18,29-31H,1-2H3/t29-,30+,31-/m1/s1. The number of methoxy groups -OCH3 is 1. The van der Waals surface area contributed by atoms with Gasteiger partial charge in [-0.2, -0.15) is 0 Å². The maximum absolute atomic E-state index is 14.8. The second-order valence-electron chi connectivity index (χ2n) is 11.0. The largest absolute Gasteiger partial charge is 0.497 e. The van der Waals surface area contributed by atoms with Gasteiger partial charge in [-0.15, -0.1) is 0 Å². The van der Waals surface area contributed by atoms with E-state index in [1.807, 2.05) is 42.2 Å². The molecular weight excluding hydrogens is 569 g/mol. The lowest BCUT2D eigenvalue weighted by Gasteiger charge is -2.37. The van der Waals surface area contributed by atoms with E-state index >= 15 is 0 Å². The van der Waals surface area contributed by atoms with Crippen LogP contribution in [-0.4, -0.2) is 36.5 Å². The third-order valence-corrected chi connectivity index (χ3v) is 9.44. The summed E-state index contributed by atoms with van der Waals surface area (Å²) in [5.41, 5.74) is 2.74. The van der Waals surface area contributed by atoms with Gasteiger partial charge in [0.25, 0.3) is 0 Å². The summed E-state index contributed by atoms with van der Waals surface area (Å²) in [7, 11) is 1.54. The zero-order valence-corrected chi connectivity index (χ0v) is 24.3. The minimum absolute atomic E-state index is 0.245. The number of Topliss-reactive ketones (excluding diaryl/α,β-unsaturated/α-hetero) is 3. The number of nitrogens with zero attached hydrogens (tertiary/aromatic N) is 1. The number of hydrogen-bond donors (Lipinski definition) is 0. The van der Waals surface area contributed by atoms with Gasteiger partial charge in [-0.3, -0.25) is 14.4 Å². The molecule has 208 valence electrons. The molecule has 7 rings (SSSR count). The Kier molecular flexibility index (Phi) is 6.16. The highest BCUT2D eigenvalue weighted by atomic mass is 35.5. The van der Waals surface area contributed by atoms with Crippen LogP contribution in [0.1, 0.15) is 53.7 Å². The first-order valence-electron chi connectivity index (χ1n) is 13.7. The summed E-state index contributed by atoms with van der Waals surface area (Å²) in [5.74, 6) is -1.26. The van der Waals surface area contributed by atoms with E-state index in [1.165, 1.54) is 0 Å². The van der Waals surface area contributed by atoms with Crippen LogP contribution in [0.25, 0.3) is 6.08 Å². The molecule has 4 aromatic rings. The number of carbonyl (C=O) groups excluding carboxylic acids is 3. The SMILES string of the molecule is COc1cccc(C(=O)[C@H]2[C@H](c3ccc(Cl)cc3Cl)C3(C(=O)c4ccccc4C3=O)[C@H]3C=Cc4cc(C)ccc4N23)c1. The van der Waals surface area contributed by atoms with Crippen molar-refractivity contribution in [1.29, 1.82) is 0 Å². The Bertz CT molecular complexity index is 1830. The zero-order chi connectivity index (χ0) is 29.3. The molecule has 42 heavy (non-hydrogen) atoms. The van der Waals surface area contributed by atoms with Gasteiger partial charge in [0, 0.05) is 38.3 Å². The molecule has 0 radical (unpaired) electrons. The van der Waals surface area contributed by atoms with E-state index < -0.39 is 23.4 Å². The molecular formula is C35H25Cl2NO4. The van der Waals surface area contributed by atoms with Crippen LogP contribution in [0.3, 0.4) is 0 Å². The first-order chi connectivity index (χ1) is 20.3. The second-order valence-corrected chi connectivity index (χ2v) is 11.9. The van der Waals surface area contributed by atoms with Crippen LogP contribution in [0.4, 0.5) is 5.69 Å². The molecule has 0 saturated carbocycles. The van der Waals surface area contributed by atoms with Crippen LogP contribution in [0.2, 0.25) is 10.0 Å². The number of rotatable bonds is 4. The summed E-state index contributed by atoms with van der Waals surface area (Å²) in [6, 6.07) is 23.2. The molecule has 3 atom stereocenters. The fourth-order valence-electron chi connectivity index (χ4n) is 7.14. The van der Waals surface area contributed by atoms with Crippen LogP contribution >= 0.6 is 23.2 Å². The van der Waals surface area contributed by atoms with Gasteiger partial charge >= 0.3 is 0 Å². The van der Waals surface area contributed by atoms with Crippen molar-refractivity contribution < 1.29 is 19.1 Å². The number of anilines is 1. The number of ether oxygens (including phenoxy) is 1. The van der Waals surface area contributed by atoms with Gasteiger partial charge in [0.2, 0.25) is 0 Å². The number of halogens is 2. The van der Waals surface area contributed by atoms with Crippen molar-refractivity contribution in [3.63, 3.8) is 0 Å². The molecule has 3 aliphatic rings. The van der Waals surface area contributed by atoms with E-state index in [1.54, 1.807) is 73.8 Å². The molecule has 1 spiro atoms. The summed E-state index contributed by atoms with van der Waals surface area (Å²) in [6.07, 6.45) is 3.85. The predicted molar refractivity (Wildman–Crippen MR) is 164 cm³/mol. The van der Waals surface area contributed by atoms with Gasteiger partial charge in [0.1, 0.15) is 17.2 Å². The quantitative estimate of drug-likeness (QED) is 0.180. The molecule has 1 fully saturated rings. The van der Waals surface area contributed by atoms with Crippen molar-refractivity contribution in [2.45, 2.75) is 24.9 Å². The molecule has 1 aliphatic carbocycles. The third-order valence-electron chi connectivity index (χ3n) is 8.88. The number of aryl methyl sites for hydroxylation is 1. The van der Waals surface area contributed by atoms with Crippen LogP contribution in [-0.2, 0) is 0 Å². The van der Waals surface area contributed by atoms with E-state index in [2.05, 4.69) is 0 Å². The first kappa shape index (κ1) is 26.7. The van der Waals surface area contributed by atoms with Crippen molar-refractivity contribution in [2.24, 2.45) is 5.41 Å². The number of carbonyl (C=O) groups is 3. The predicted octanol–water partition coefficient (Wildman–Crippen LogP) is 7.63. The summed E-state index contributed by atoms with van der Waals surface area (Å²) in [5, 5.41) is 0.706. The summed E-state index contributed by atoms with van der Waals surface area (Å²) >= 11 is 13.2. The van der Waals surface area contributed by atoms with E-state index in [0.29, 0.717) is 38.0 Å². The highest BCUT2D eigenvalue weighted by Crippen LogP contribution is 2.61. The Morgan fingerprint density at radius 1 is 0.881 bits per heavy atom. The lowest BCUT2D eigenvalue weighted by Crippen LogP contribution is -2.48. The van der Waals surface area contributed by atoms with Crippen molar-refractivity contribution in [2.75, 3.05) is 12.0 Å². The lowest BCUT2D eigenvalue weighted by molar-refractivity contribution is 0.0666. The lowest BCUT2D eigenvalue weighted by atomic mass is 9.64. The molecule has 0 aromatic heterocycles. The van der Waals surface area contributed by atoms with E-state index in [9.17, 15) is 14.4 Å². The summed E-state index contributed by atoms with van der Waals surface area (Å²) < 4.78 is 5.44. The molecule has 4 aromatic carbocycles. The maximum Gasteiger partial charge on any atom is 0.186 e. The van der Waals surface area contributed by atoms with E-state index in [4.69, 9.17) is 27.9 Å². The van der Waals surface area contributed by atoms with E-state index in [-0.39, 0.29) is 17.3 Å². The Balaban J connectivity index is 1.56. The molecule has 2 heterocycles. The fraction of sp³-hybridized carbons (Fsp3) is 0.171. The summed E-state index contributed by atoms with van der Waals surface area (Å²) in [6.45, 7) is 2.00. The van der Waals surface area contributed by atoms with Crippen LogP contribution in [0, 0.1) is 12.3 Å². The highest BCUT2D eigenvalue weighted by Gasteiger charge is 2.71. The van der Waals surface area contributed by atoms with Gasteiger partial charge in [-0.05, 0) is 54.4 Å². The average Bonchev–Trinajstić information content (AvgIpc) is 3.42. The average molecular weight is 594 g/mol. The Labute approximate surface area is 253 Å². The van der Waals surface area contributed by atoms with Crippen molar-refractivity contribution in [3.05, 3.63) is 134 Å². The number of ketones is 3. The van der Waals surface area contributed by atoms with E-state index in [0.717, 1.165) is 16.8 Å². The van der Waals surface area contributed by atoms with Gasteiger partial charge in [-0.1, -0.05) is 89.4 Å². The molecule has 2 aliphatic heterocycles. The number of benzene rings is 4. The monoisotopic (exact) mass is 593 g/mol. The molecule has 5 nitrogen and oxygen atoms in total. The molecule has 0 bridgehead atoms. The molecule has 0 N–H and O–H groups in total. The first-order valence-corrected chi connectivity index (χ1v) is 14.4. The Morgan fingerprint density at radius 2 is 1.62 bits per heavy atom. The summed E-state index contributed by atoms with van der Waals surface area (Å²) in [4.78, 5) is 46.3. The van der Waals surface area contributed by atoms with Crippen LogP contribution < -0.4 is 9.64 Å². The molecule has 0 unspecified atom stereocenters. The normalized spacial score (nSPS) is 21.3. The van der Waals surface area contributed by atoms with Crippen molar-refractivity contribution >= 4 is 52.3 Å². The second kappa shape index (κ2) is 9.69. The topological polar surface area (TPSA) is 63.7 Å². The fourth-order valence-corrected chi connectivity index (χ4v) is 7.67. The number of fused-ring (bicyclic) bond motifs is 5.